The van der Waals surface area contributed by atoms with Crippen molar-refractivity contribution in [3.8, 4) is 11.5 Å². The lowest BCUT2D eigenvalue weighted by Gasteiger charge is -2.11. The van der Waals surface area contributed by atoms with Crippen LogP contribution in [-0.2, 0) is 13.2 Å². The fourth-order valence-corrected chi connectivity index (χ4v) is 2.83. The molecule has 0 atom stereocenters. The van der Waals surface area contributed by atoms with Gasteiger partial charge in [0.1, 0.15) is 11.5 Å². The van der Waals surface area contributed by atoms with E-state index in [1.807, 2.05) is 0 Å². The average molecular weight is 476 g/mol. The van der Waals surface area contributed by atoms with Gasteiger partial charge in [0.15, 0.2) is 24.8 Å². The number of hydrogen-bond acceptors (Lipinski definition) is 12. The monoisotopic (exact) mass is 476 g/mol. The van der Waals surface area contributed by atoms with Crippen molar-refractivity contribution in [2.45, 2.75) is 13.2 Å². The maximum absolute atomic E-state index is 14.3. The summed E-state index contributed by atoms with van der Waals surface area (Å²) in [5, 5.41) is 32.9. The summed E-state index contributed by atoms with van der Waals surface area (Å²) in [6.45, 7) is 0.357. The van der Waals surface area contributed by atoms with Crippen LogP contribution in [0.2, 0.25) is 0 Å². The molecule has 5 rings (SSSR count). The largest absolute Gasteiger partial charge is 0.485 e. The molecule has 0 saturated carbocycles. The van der Waals surface area contributed by atoms with Gasteiger partial charge in [0.25, 0.3) is 0 Å². The Morgan fingerprint density at radius 1 is 0.743 bits per heavy atom. The predicted molar refractivity (Wildman–Crippen MR) is 118 cm³/mol. The molecule has 5 aromatic rings. The lowest BCUT2D eigenvalue weighted by molar-refractivity contribution is 0.296. The number of tetrazole rings is 2. The standard InChI is InChI=1S/C20H17FN12O2/c21-16-9-22-20(24-13-3-7-15(8-4-13)35-11-18-28-32-33-29-18)25-19(16)23-12-1-5-14(6-2-12)34-10-17-26-30-31-27-17/h1-9H,10-11H2,(H2,22,23,24,25)(H,26,27,30,31)(H,28,29,32,33). The molecule has 2 aromatic carbocycles. The number of benzene rings is 2. The molecular weight excluding hydrogens is 459 g/mol. The van der Waals surface area contributed by atoms with Crippen LogP contribution in [0.5, 0.6) is 11.5 Å². The van der Waals surface area contributed by atoms with Gasteiger partial charge in [-0.25, -0.2) is 9.37 Å². The van der Waals surface area contributed by atoms with Crippen molar-refractivity contribution in [3.63, 3.8) is 0 Å². The Hall–Kier alpha value is -5.21. The van der Waals surface area contributed by atoms with E-state index in [2.05, 4.69) is 61.8 Å². The first-order valence-electron chi connectivity index (χ1n) is 10.2. The molecule has 176 valence electrons. The first-order valence-corrected chi connectivity index (χ1v) is 10.2. The molecule has 0 aliphatic carbocycles. The van der Waals surface area contributed by atoms with Crippen molar-refractivity contribution in [3.05, 3.63) is 72.2 Å². The van der Waals surface area contributed by atoms with Gasteiger partial charge in [-0.3, -0.25) is 0 Å². The SMILES string of the molecule is Fc1cnc(Nc2ccc(OCc3nn[nH]n3)cc2)nc1Nc1ccc(OCc2nn[nH]n2)cc1. The van der Waals surface area contributed by atoms with Gasteiger partial charge in [-0.2, -0.15) is 15.4 Å². The van der Waals surface area contributed by atoms with Gasteiger partial charge >= 0.3 is 0 Å². The summed E-state index contributed by atoms with van der Waals surface area (Å²) in [6.07, 6.45) is 1.09. The van der Waals surface area contributed by atoms with Gasteiger partial charge < -0.3 is 20.1 Å². The third-order valence-corrected chi connectivity index (χ3v) is 4.49. The van der Waals surface area contributed by atoms with E-state index in [-0.39, 0.29) is 25.0 Å². The number of H-pyrrole nitrogens is 2. The van der Waals surface area contributed by atoms with Gasteiger partial charge in [0, 0.05) is 11.4 Å². The van der Waals surface area contributed by atoms with Crippen molar-refractivity contribution in [1.29, 1.82) is 0 Å². The normalized spacial score (nSPS) is 10.7. The molecule has 0 radical (unpaired) electrons. The van der Waals surface area contributed by atoms with Crippen LogP contribution in [0.25, 0.3) is 0 Å². The molecule has 14 nitrogen and oxygen atoms in total. The van der Waals surface area contributed by atoms with Crippen LogP contribution in [0.3, 0.4) is 0 Å². The second kappa shape index (κ2) is 10.2. The van der Waals surface area contributed by atoms with Crippen molar-refractivity contribution < 1.29 is 13.9 Å². The minimum absolute atomic E-state index is 0.0167. The maximum Gasteiger partial charge on any atom is 0.229 e. The molecule has 3 aromatic heterocycles. The smallest absolute Gasteiger partial charge is 0.229 e. The number of ether oxygens (including phenoxy) is 2. The molecule has 0 aliphatic heterocycles. The molecule has 0 aliphatic rings. The van der Waals surface area contributed by atoms with E-state index in [4.69, 9.17) is 9.47 Å². The summed E-state index contributed by atoms with van der Waals surface area (Å²) >= 11 is 0. The van der Waals surface area contributed by atoms with Gasteiger partial charge in [-0.1, -0.05) is 10.4 Å². The quantitative estimate of drug-likeness (QED) is 0.231. The van der Waals surface area contributed by atoms with Gasteiger partial charge in [-0.05, 0) is 48.5 Å². The Morgan fingerprint density at radius 3 is 1.80 bits per heavy atom. The van der Waals surface area contributed by atoms with Crippen LogP contribution in [-0.4, -0.2) is 51.2 Å². The van der Waals surface area contributed by atoms with Crippen molar-refractivity contribution >= 4 is 23.1 Å². The summed E-state index contributed by atoms with van der Waals surface area (Å²) in [7, 11) is 0. The van der Waals surface area contributed by atoms with E-state index >= 15 is 0 Å². The summed E-state index contributed by atoms with van der Waals surface area (Å²) in [6, 6.07) is 14.0. The zero-order valence-electron chi connectivity index (χ0n) is 17.9. The topological polar surface area (TPSA) is 177 Å². The molecule has 0 unspecified atom stereocenters. The van der Waals surface area contributed by atoms with Gasteiger partial charge in [0.2, 0.25) is 17.6 Å². The van der Waals surface area contributed by atoms with Crippen molar-refractivity contribution in [2.24, 2.45) is 0 Å². The minimum atomic E-state index is -0.599. The van der Waals surface area contributed by atoms with Gasteiger partial charge in [-0.15, -0.1) is 20.4 Å². The highest BCUT2D eigenvalue weighted by atomic mass is 19.1. The number of halogens is 1. The molecule has 0 bridgehead atoms. The van der Waals surface area contributed by atoms with Crippen LogP contribution in [0.4, 0.5) is 27.5 Å². The highest BCUT2D eigenvalue weighted by Crippen LogP contribution is 2.23. The predicted octanol–water partition coefficient (Wildman–Crippen LogP) is 2.29. The third kappa shape index (κ3) is 5.78. The van der Waals surface area contributed by atoms with Crippen LogP contribution in [0.15, 0.2) is 54.7 Å². The van der Waals surface area contributed by atoms with E-state index < -0.39 is 5.82 Å². The average Bonchev–Trinajstić information content (AvgIpc) is 3.60. The molecule has 0 amide bonds. The molecular formula is C20H17FN12O2. The number of aromatic amines is 2. The molecule has 0 saturated heterocycles. The molecule has 3 heterocycles. The molecule has 0 spiro atoms. The number of nitrogens with one attached hydrogen (secondary N) is 4. The van der Waals surface area contributed by atoms with Crippen LogP contribution in [0, 0.1) is 5.82 Å². The van der Waals surface area contributed by atoms with Crippen LogP contribution in [0.1, 0.15) is 11.6 Å². The Bertz CT molecular complexity index is 1350. The highest BCUT2D eigenvalue weighted by molar-refractivity contribution is 5.60. The van der Waals surface area contributed by atoms with Crippen molar-refractivity contribution in [1.82, 2.24) is 51.2 Å². The Kier molecular flexibility index (Phi) is 6.28. The number of nitrogens with zero attached hydrogens (tertiary/aromatic N) is 8. The minimum Gasteiger partial charge on any atom is -0.485 e. The fourth-order valence-electron chi connectivity index (χ4n) is 2.83. The summed E-state index contributed by atoms with van der Waals surface area (Å²) < 4.78 is 25.5. The molecule has 4 N–H and O–H groups in total. The second-order valence-corrected chi connectivity index (χ2v) is 6.92. The molecule has 35 heavy (non-hydrogen) atoms. The van der Waals surface area contributed by atoms with E-state index in [1.54, 1.807) is 48.5 Å². The Morgan fingerprint density at radius 2 is 1.29 bits per heavy atom. The third-order valence-electron chi connectivity index (χ3n) is 4.49. The fraction of sp³-hybridized carbons (Fsp3) is 0.100. The Balaban J connectivity index is 1.18. The maximum atomic E-state index is 14.3. The first kappa shape index (κ1) is 21.6. The van der Waals surface area contributed by atoms with E-state index in [1.165, 1.54) is 0 Å². The zero-order chi connectivity index (χ0) is 23.9. The highest BCUT2D eigenvalue weighted by Gasteiger charge is 2.09. The van der Waals surface area contributed by atoms with E-state index in [0.29, 0.717) is 34.5 Å². The lowest BCUT2D eigenvalue weighted by atomic mass is 10.3. The lowest BCUT2D eigenvalue weighted by Crippen LogP contribution is -2.03. The van der Waals surface area contributed by atoms with Crippen LogP contribution < -0.4 is 20.1 Å². The first-order chi connectivity index (χ1) is 17.2. The van der Waals surface area contributed by atoms with E-state index in [9.17, 15) is 4.39 Å². The summed E-state index contributed by atoms with van der Waals surface area (Å²) in [5.74, 6) is 1.72. The zero-order valence-corrected chi connectivity index (χ0v) is 17.9. The van der Waals surface area contributed by atoms with E-state index in [0.717, 1.165) is 6.20 Å². The number of rotatable bonds is 10. The Labute approximate surface area is 196 Å². The number of hydrogen-bond donors (Lipinski definition) is 4. The second-order valence-electron chi connectivity index (χ2n) is 6.92. The number of anilines is 4. The van der Waals surface area contributed by atoms with Crippen LogP contribution >= 0.6 is 0 Å². The molecule has 0 fully saturated rings. The summed E-state index contributed by atoms with van der Waals surface area (Å²) in [4.78, 5) is 8.22. The summed E-state index contributed by atoms with van der Waals surface area (Å²) in [5.41, 5.74) is 1.31. The van der Waals surface area contributed by atoms with Crippen molar-refractivity contribution in [2.75, 3.05) is 10.6 Å². The van der Waals surface area contributed by atoms with Gasteiger partial charge in [0.05, 0.1) is 6.20 Å². The number of aromatic nitrogens is 10. The molecule has 15 heteroatoms.